The van der Waals surface area contributed by atoms with E-state index in [0.29, 0.717) is 11.7 Å². The zero-order valence-electron chi connectivity index (χ0n) is 7.09. The van der Waals surface area contributed by atoms with Crippen LogP contribution in [0.3, 0.4) is 0 Å². The van der Waals surface area contributed by atoms with Gasteiger partial charge in [-0.1, -0.05) is 18.9 Å². The maximum atomic E-state index is 9.24. The number of hydrogen-bond acceptors (Lipinski definition) is 1. The van der Waals surface area contributed by atoms with Crippen molar-refractivity contribution in [1.82, 2.24) is 0 Å². The van der Waals surface area contributed by atoms with Gasteiger partial charge in [0, 0.05) is 0 Å². The molecule has 0 aliphatic heterocycles. The molecule has 1 aliphatic carbocycles. The van der Waals surface area contributed by atoms with Crippen molar-refractivity contribution in [3.63, 3.8) is 0 Å². The molecule has 1 saturated carbocycles. The number of phenols is 1. The normalized spacial score (nSPS) is 18.3. The van der Waals surface area contributed by atoms with Crippen LogP contribution in [-0.4, -0.2) is 5.11 Å². The minimum Gasteiger partial charge on any atom is -0.508 e. The van der Waals surface area contributed by atoms with Crippen LogP contribution in [0.4, 0.5) is 0 Å². The second-order valence-electron chi connectivity index (χ2n) is 3.51. The third-order valence-electron chi connectivity index (χ3n) is 2.62. The van der Waals surface area contributed by atoms with Gasteiger partial charge in [0.2, 0.25) is 0 Å². The van der Waals surface area contributed by atoms with Crippen LogP contribution in [0, 0.1) is 6.07 Å². The molecule has 2 rings (SSSR count). The predicted octanol–water partition coefficient (Wildman–Crippen LogP) is 2.85. The molecule has 1 aromatic rings. The van der Waals surface area contributed by atoms with Crippen LogP contribution < -0.4 is 0 Å². The quantitative estimate of drug-likeness (QED) is 0.671. The van der Waals surface area contributed by atoms with Crippen LogP contribution in [0.15, 0.2) is 18.2 Å². The number of rotatable bonds is 1. The second kappa shape index (κ2) is 3.18. The minimum atomic E-state index is 0.347. The van der Waals surface area contributed by atoms with Crippen LogP contribution >= 0.6 is 0 Å². The van der Waals surface area contributed by atoms with E-state index in [1.165, 1.54) is 31.2 Å². The first-order valence-corrected chi connectivity index (χ1v) is 4.56. The highest BCUT2D eigenvalue weighted by Gasteiger charge is 2.16. The van der Waals surface area contributed by atoms with Crippen molar-refractivity contribution in [2.75, 3.05) is 0 Å². The lowest BCUT2D eigenvalue weighted by molar-refractivity contribution is 0.473. The van der Waals surface area contributed by atoms with E-state index in [4.69, 9.17) is 0 Å². The molecule has 1 radical (unpaired) electrons. The Morgan fingerprint density at radius 2 is 2.00 bits per heavy atom. The largest absolute Gasteiger partial charge is 0.508 e. The van der Waals surface area contributed by atoms with Gasteiger partial charge in [-0.2, -0.15) is 0 Å². The van der Waals surface area contributed by atoms with Gasteiger partial charge in [-0.3, -0.25) is 0 Å². The lowest BCUT2D eigenvalue weighted by Gasteiger charge is -2.08. The van der Waals surface area contributed by atoms with E-state index >= 15 is 0 Å². The van der Waals surface area contributed by atoms with Gasteiger partial charge < -0.3 is 5.11 Å². The molecule has 1 aliphatic rings. The molecule has 1 nitrogen and oxygen atoms in total. The summed E-state index contributed by atoms with van der Waals surface area (Å²) < 4.78 is 0. The standard InChI is InChI=1S/C11H13O/c12-11-7-3-6-10(8-11)9-4-1-2-5-9/h6-9,12H,1-2,4-5H2. The molecule has 1 heteroatoms. The van der Waals surface area contributed by atoms with E-state index in [1.54, 1.807) is 6.07 Å². The highest BCUT2D eigenvalue weighted by Crippen LogP contribution is 2.34. The number of phenolic OH excluding ortho intramolecular Hbond substituents is 1. The lowest BCUT2D eigenvalue weighted by Crippen LogP contribution is -1.90. The molecule has 0 saturated heterocycles. The van der Waals surface area contributed by atoms with E-state index in [2.05, 4.69) is 6.07 Å². The Bertz CT molecular complexity index is 261. The van der Waals surface area contributed by atoms with Gasteiger partial charge in [0.1, 0.15) is 5.75 Å². The van der Waals surface area contributed by atoms with Crippen molar-refractivity contribution in [2.24, 2.45) is 0 Å². The highest BCUT2D eigenvalue weighted by atomic mass is 16.3. The Kier molecular flexibility index (Phi) is 2.03. The summed E-state index contributed by atoms with van der Waals surface area (Å²) in [6.07, 6.45) is 5.22. The Balaban J connectivity index is 2.21. The van der Waals surface area contributed by atoms with E-state index in [-0.39, 0.29) is 0 Å². The Morgan fingerprint density at radius 1 is 1.25 bits per heavy atom. The summed E-state index contributed by atoms with van der Waals surface area (Å²) in [5, 5.41) is 9.24. The van der Waals surface area contributed by atoms with Crippen molar-refractivity contribution >= 4 is 0 Å². The molecule has 1 N–H and O–H groups in total. The summed E-state index contributed by atoms with van der Waals surface area (Å²) in [7, 11) is 0. The van der Waals surface area contributed by atoms with Crippen LogP contribution in [0.25, 0.3) is 0 Å². The fourth-order valence-electron chi connectivity index (χ4n) is 1.97. The highest BCUT2D eigenvalue weighted by molar-refractivity contribution is 5.29. The predicted molar refractivity (Wildman–Crippen MR) is 48.2 cm³/mol. The summed E-state index contributed by atoms with van der Waals surface area (Å²) in [6.45, 7) is 0. The maximum Gasteiger partial charge on any atom is 0.116 e. The summed E-state index contributed by atoms with van der Waals surface area (Å²) in [5.74, 6) is 1.02. The molecule has 0 unspecified atom stereocenters. The van der Waals surface area contributed by atoms with Crippen LogP contribution in [0.1, 0.15) is 37.2 Å². The van der Waals surface area contributed by atoms with Crippen LogP contribution in [-0.2, 0) is 0 Å². The minimum absolute atomic E-state index is 0.347. The summed E-state index contributed by atoms with van der Waals surface area (Å²) in [4.78, 5) is 0. The Labute approximate surface area is 73.0 Å². The SMILES string of the molecule is Oc1c[c]cc(C2CCCC2)c1. The van der Waals surface area contributed by atoms with Crippen LogP contribution in [0.2, 0.25) is 0 Å². The fraction of sp³-hybridized carbons (Fsp3) is 0.455. The van der Waals surface area contributed by atoms with Gasteiger partial charge in [0.05, 0.1) is 0 Å². The zero-order valence-corrected chi connectivity index (χ0v) is 7.09. The summed E-state index contributed by atoms with van der Waals surface area (Å²) in [5.41, 5.74) is 1.26. The molecule has 0 amide bonds. The van der Waals surface area contributed by atoms with Gasteiger partial charge in [0.15, 0.2) is 0 Å². The second-order valence-corrected chi connectivity index (χ2v) is 3.51. The molecule has 0 heterocycles. The smallest absolute Gasteiger partial charge is 0.116 e. The molecule has 0 atom stereocenters. The molecular formula is C11H13O. The molecule has 0 bridgehead atoms. The molecule has 63 valence electrons. The molecule has 0 aromatic heterocycles. The molecule has 1 aromatic carbocycles. The average molecular weight is 161 g/mol. The first-order valence-electron chi connectivity index (χ1n) is 4.56. The van der Waals surface area contributed by atoms with Gasteiger partial charge in [-0.05, 0) is 42.5 Å². The van der Waals surface area contributed by atoms with Crippen molar-refractivity contribution in [3.8, 4) is 5.75 Å². The molecule has 0 spiro atoms. The Morgan fingerprint density at radius 3 is 2.67 bits per heavy atom. The first kappa shape index (κ1) is 7.66. The number of aromatic hydroxyl groups is 1. The van der Waals surface area contributed by atoms with Gasteiger partial charge in [-0.25, -0.2) is 0 Å². The molecule has 1 fully saturated rings. The van der Waals surface area contributed by atoms with Gasteiger partial charge >= 0.3 is 0 Å². The third kappa shape index (κ3) is 1.45. The fourth-order valence-corrected chi connectivity index (χ4v) is 1.97. The Hall–Kier alpha value is -0.980. The summed E-state index contributed by atoms with van der Waals surface area (Å²) in [6, 6.07) is 8.43. The van der Waals surface area contributed by atoms with Crippen LogP contribution in [0.5, 0.6) is 5.75 Å². The number of benzene rings is 1. The average Bonchev–Trinajstić information content (AvgIpc) is 2.56. The third-order valence-corrected chi connectivity index (χ3v) is 2.62. The lowest BCUT2D eigenvalue weighted by atomic mass is 9.98. The van der Waals surface area contributed by atoms with E-state index < -0.39 is 0 Å². The number of hydrogen-bond donors (Lipinski definition) is 1. The van der Waals surface area contributed by atoms with Gasteiger partial charge in [0.25, 0.3) is 0 Å². The zero-order chi connectivity index (χ0) is 8.39. The van der Waals surface area contributed by atoms with Crippen molar-refractivity contribution in [2.45, 2.75) is 31.6 Å². The van der Waals surface area contributed by atoms with Crippen molar-refractivity contribution in [1.29, 1.82) is 0 Å². The van der Waals surface area contributed by atoms with Crippen molar-refractivity contribution < 1.29 is 5.11 Å². The van der Waals surface area contributed by atoms with E-state index in [9.17, 15) is 5.11 Å². The maximum absolute atomic E-state index is 9.24. The summed E-state index contributed by atoms with van der Waals surface area (Å²) >= 11 is 0. The molecule has 12 heavy (non-hydrogen) atoms. The van der Waals surface area contributed by atoms with E-state index in [1.807, 2.05) is 12.1 Å². The topological polar surface area (TPSA) is 20.2 Å². The first-order chi connectivity index (χ1) is 5.86. The van der Waals surface area contributed by atoms with E-state index in [0.717, 1.165) is 0 Å². The van der Waals surface area contributed by atoms with Crippen molar-refractivity contribution in [3.05, 3.63) is 29.8 Å². The monoisotopic (exact) mass is 161 g/mol. The van der Waals surface area contributed by atoms with Gasteiger partial charge in [-0.15, -0.1) is 0 Å². The molecular weight excluding hydrogens is 148 g/mol.